The summed E-state index contributed by atoms with van der Waals surface area (Å²) in [7, 11) is 0. The minimum Gasteiger partial charge on any atom is -0.342 e. The van der Waals surface area contributed by atoms with E-state index >= 15 is 0 Å². The van der Waals surface area contributed by atoms with Crippen molar-refractivity contribution in [1.29, 1.82) is 0 Å². The van der Waals surface area contributed by atoms with Crippen LogP contribution in [0, 0.1) is 0 Å². The molecule has 0 atom stereocenters. The van der Waals surface area contributed by atoms with Crippen LogP contribution in [0.3, 0.4) is 0 Å². The first-order chi connectivity index (χ1) is 9.35. The van der Waals surface area contributed by atoms with Crippen molar-refractivity contribution < 1.29 is 0 Å². The number of rotatable bonds is 6. The van der Waals surface area contributed by atoms with Gasteiger partial charge in [0.2, 0.25) is 0 Å². The van der Waals surface area contributed by atoms with Crippen LogP contribution in [0.15, 0.2) is 54.6 Å². The highest BCUT2D eigenvalue weighted by Gasteiger charge is 2.06. The fourth-order valence-corrected chi connectivity index (χ4v) is 2.27. The van der Waals surface area contributed by atoms with Gasteiger partial charge in [0.15, 0.2) is 0 Å². The highest BCUT2D eigenvalue weighted by atomic mass is 15.1. The molecule has 0 aliphatic rings. The standard InChI is InChI=1S/C17H22N2/c1-2-19(16-8-4-3-5-9-16)17-12-10-15(11-13-17)7-6-14-18/h3-5,8-13H,2,6-7,14,18H2,1H3. The van der Waals surface area contributed by atoms with Gasteiger partial charge in [0.05, 0.1) is 0 Å². The van der Waals surface area contributed by atoms with Crippen LogP contribution in [-0.2, 0) is 6.42 Å². The third-order valence-electron chi connectivity index (χ3n) is 3.30. The van der Waals surface area contributed by atoms with Gasteiger partial charge in [-0.15, -0.1) is 0 Å². The predicted octanol–water partition coefficient (Wildman–Crippen LogP) is 3.74. The third kappa shape index (κ3) is 3.58. The second-order valence-corrected chi connectivity index (χ2v) is 4.64. The second-order valence-electron chi connectivity index (χ2n) is 4.64. The molecule has 19 heavy (non-hydrogen) atoms. The molecule has 0 bridgehead atoms. The van der Waals surface area contributed by atoms with E-state index in [1.165, 1.54) is 16.9 Å². The molecule has 2 rings (SSSR count). The van der Waals surface area contributed by atoms with Crippen LogP contribution in [-0.4, -0.2) is 13.1 Å². The van der Waals surface area contributed by atoms with Gasteiger partial charge in [0.25, 0.3) is 0 Å². The molecule has 0 aromatic heterocycles. The number of para-hydroxylation sites is 1. The molecule has 0 spiro atoms. The van der Waals surface area contributed by atoms with Gasteiger partial charge in [-0.1, -0.05) is 30.3 Å². The number of benzene rings is 2. The molecule has 0 amide bonds. The van der Waals surface area contributed by atoms with Gasteiger partial charge in [-0.25, -0.2) is 0 Å². The first-order valence-corrected chi connectivity index (χ1v) is 6.96. The Hall–Kier alpha value is -1.80. The summed E-state index contributed by atoms with van der Waals surface area (Å²) in [6.45, 7) is 3.90. The Bertz CT molecular complexity index is 476. The molecule has 100 valence electrons. The first-order valence-electron chi connectivity index (χ1n) is 6.96. The van der Waals surface area contributed by atoms with Crippen molar-refractivity contribution in [2.24, 2.45) is 5.73 Å². The van der Waals surface area contributed by atoms with Crippen LogP contribution in [0.25, 0.3) is 0 Å². The number of anilines is 2. The summed E-state index contributed by atoms with van der Waals surface area (Å²) in [6, 6.07) is 19.3. The van der Waals surface area contributed by atoms with Crippen LogP contribution in [0.4, 0.5) is 11.4 Å². The van der Waals surface area contributed by atoms with E-state index in [0.29, 0.717) is 0 Å². The van der Waals surface area contributed by atoms with E-state index in [1.807, 2.05) is 6.07 Å². The van der Waals surface area contributed by atoms with E-state index < -0.39 is 0 Å². The van der Waals surface area contributed by atoms with Crippen molar-refractivity contribution >= 4 is 11.4 Å². The zero-order chi connectivity index (χ0) is 13.5. The molecule has 2 nitrogen and oxygen atoms in total. The maximum Gasteiger partial charge on any atom is 0.0410 e. The number of nitrogens with zero attached hydrogens (tertiary/aromatic N) is 1. The van der Waals surface area contributed by atoms with Gasteiger partial charge in [-0.3, -0.25) is 0 Å². The molecule has 0 fully saturated rings. The lowest BCUT2D eigenvalue weighted by atomic mass is 10.1. The molecule has 0 aliphatic heterocycles. The Labute approximate surface area is 115 Å². The van der Waals surface area contributed by atoms with E-state index in [1.54, 1.807) is 0 Å². The molecule has 0 unspecified atom stereocenters. The Kier molecular flexibility index (Phi) is 4.99. The molecule has 0 aliphatic carbocycles. The highest BCUT2D eigenvalue weighted by molar-refractivity contribution is 5.63. The van der Waals surface area contributed by atoms with Crippen LogP contribution < -0.4 is 10.6 Å². The molecular formula is C17H22N2. The average molecular weight is 254 g/mol. The van der Waals surface area contributed by atoms with Gasteiger partial charge < -0.3 is 10.6 Å². The van der Waals surface area contributed by atoms with Gasteiger partial charge in [-0.2, -0.15) is 0 Å². The van der Waals surface area contributed by atoms with Crippen molar-refractivity contribution in [1.82, 2.24) is 0 Å². The van der Waals surface area contributed by atoms with Gasteiger partial charge >= 0.3 is 0 Å². The van der Waals surface area contributed by atoms with Gasteiger partial charge in [0.1, 0.15) is 0 Å². The topological polar surface area (TPSA) is 29.3 Å². The Balaban J connectivity index is 2.15. The Morgan fingerprint density at radius 1 is 0.895 bits per heavy atom. The summed E-state index contributed by atoms with van der Waals surface area (Å²) in [5.74, 6) is 0. The van der Waals surface area contributed by atoms with Gasteiger partial charge in [0, 0.05) is 17.9 Å². The molecule has 0 radical (unpaired) electrons. The SMILES string of the molecule is CCN(c1ccccc1)c1ccc(CCCN)cc1. The van der Waals surface area contributed by atoms with Crippen LogP contribution in [0.2, 0.25) is 0 Å². The summed E-state index contributed by atoms with van der Waals surface area (Å²) in [4.78, 5) is 2.31. The summed E-state index contributed by atoms with van der Waals surface area (Å²) in [6.07, 6.45) is 2.11. The van der Waals surface area contributed by atoms with E-state index in [4.69, 9.17) is 5.73 Å². The van der Waals surface area contributed by atoms with Crippen LogP contribution in [0.1, 0.15) is 18.9 Å². The summed E-state index contributed by atoms with van der Waals surface area (Å²) >= 11 is 0. The molecule has 0 saturated heterocycles. The lowest BCUT2D eigenvalue weighted by Crippen LogP contribution is -2.15. The quantitative estimate of drug-likeness (QED) is 0.851. The molecule has 2 N–H and O–H groups in total. The van der Waals surface area contributed by atoms with Crippen molar-refractivity contribution in [2.75, 3.05) is 18.0 Å². The Morgan fingerprint density at radius 3 is 2.11 bits per heavy atom. The van der Waals surface area contributed by atoms with E-state index in [0.717, 1.165) is 25.9 Å². The van der Waals surface area contributed by atoms with E-state index in [-0.39, 0.29) is 0 Å². The maximum absolute atomic E-state index is 5.54. The highest BCUT2D eigenvalue weighted by Crippen LogP contribution is 2.25. The van der Waals surface area contributed by atoms with E-state index in [2.05, 4.69) is 60.4 Å². The molecule has 0 saturated carbocycles. The van der Waals surface area contributed by atoms with Crippen molar-refractivity contribution in [2.45, 2.75) is 19.8 Å². The number of aryl methyl sites for hydroxylation is 1. The fraction of sp³-hybridized carbons (Fsp3) is 0.294. The lowest BCUT2D eigenvalue weighted by Gasteiger charge is -2.23. The average Bonchev–Trinajstić information content (AvgIpc) is 2.48. The molecular weight excluding hydrogens is 232 g/mol. The summed E-state index contributed by atoms with van der Waals surface area (Å²) in [5.41, 5.74) is 9.38. The summed E-state index contributed by atoms with van der Waals surface area (Å²) in [5, 5.41) is 0. The third-order valence-corrected chi connectivity index (χ3v) is 3.30. The normalized spacial score (nSPS) is 10.4. The summed E-state index contributed by atoms with van der Waals surface area (Å²) < 4.78 is 0. The molecule has 2 aromatic rings. The smallest absolute Gasteiger partial charge is 0.0410 e. The predicted molar refractivity (Wildman–Crippen MR) is 82.9 cm³/mol. The van der Waals surface area contributed by atoms with Crippen molar-refractivity contribution in [3.05, 3.63) is 60.2 Å². The fourth-order valence-electron chi connectivity index (χ4n) is 2.27. The number of nitrogens with two attached hydrogens (primary N) is 1. The van der Waals surface area contributed by atoms with Gasteiger partial charge in [-0.05, 0) is 56.1 Å². The molecule has 0 heterocycles. The molecule has 2 aromatic carbocycles. The second kappa shape index (κ2) is 6.95. The number of hydrogen-bond acceptors (Lipinski definition) is 2. The Morgan fingerprint density at radius 2 is 1.53 bits per heavy atom. The minimum absolute atomic E-state index is 0.757. The zero-order valence-corrected chi connectivity index (χ0v) is 11.5. The van der Waals surface area contributed by atoms with Crippen LogP contribution >= 0.6 is 0 Å². The van der Waals surface area contributed by atoms with Crippen molar-refractivity contribution in [3.8, 4) is 0 Å². The first kappa shape index (κ1) is 13.6. The van der Waals surface area contributed by atoms with E-state index in [9.17, 15) is 0 Å². The van der Waals surface area contributed by atoms with Crippen molar-refractivity contribution in [3.63, 3.8) is 0 Å². The zero-order valence-electron chi connectivity index (χ0n) is 11.5. The largest absolute Gasteiger partial charge is 0.342 e. The number of hydrogen-bond donors (Lipinski definition) is 1. The monoisotopic (exact) mass is 254 g/mol. The minimum atomic E-state index is 0.757. The molecule has 2 heteroatoms. The van der Waals surface area contributed by atoms with Crippen LogP contribution in [0.5, 0.6) is 0 Å². The maximum atomic E-state index is 5.54. The lowest BCUT2D eigenvalue weighted by molar-refractivity contribution is 0.832.